The predicted octanol–water partition coefficient (Wildman–Crippen LogP) is 5.00. The number of aryl methyl sites for hydroxylation is 1. The van der Waals surface area contributed by atoms with Crippen molar-refractivity contribution in [3.8, 4) is 5.75 Å². The molecular formula is C20H16BrFN2O4. The number of halogens is 2. The average Bonchev–Trinajstić information content (AvgIpc) is 3.10. The Labute approximate surface area is 168 Å². The highest BCUT2D eigenvalue weighted by Gasteiger charge is 2.16. The van der Waals surface area contributed by atoms with Crippen LogP contribution in [0.25, 0.3) is 0 Å². The van der Waals surface area contributed by atoms with Gasteiger partial charge in [-0.15, -0.1) is 0 Å². The fraction of sp³-hybridized carbons (Fsp3) is 0.100. The number of hydrogen-bond donors (Lipinski definition) is 2. The fourth-order valence-electron chi connectivity index (χ4n) is 2.51. The van der Waals surface area contributed by atoms with E-state index < -0.39 is 17.6 Å². The van der Waals surface area contributed by atoms with E-state index in [1.54, 1.807) is 25.1 Å². The molecule has 0 saturated heterocycles. The molecule has 2 amide bonds. The summed E-state index contributed by atoms with van der Waals surface area (Å²) >= 11 is 3.32. The lowest BCUT2D eigenvalue weighted by Gasteiger charge is -2.11. The lowest BCUT2D eigenvalue weighted by atomic mass is 10.2. The first kappa shape index (κ1) is 19.6. The number of methoxy groups -OCH3 is 1. The average molecular weight is 447 g/mol. The highest BCUT2D eigenvalue weighted by molar-refractivity contribution is 9.10. The van der Waals surface area contributed by atoms with E-state index in [0.717, 1.165) is 6.07 Å². The lowest BCUT2D eigenvalue weighted by molar-refractivity contribution is 0.101. The summed E-state index contributed by atoms with van der Waals surface area (Å²) in [5.41, 5.74) is 0.908. The second-order valence-electron chi connectivity index (χ2n) is 5.84. The van der Waals surface area contributed by atoms with Crippen LogP contribution < -0.4 is 15.4 Å². The zero-order chi connectivity index (χ0) is 20.3. The van der Waals surface area contributed by atoms with E-state index in [1.165, 1.54) is 31.6 Å². The summed E-state index contributed by atoms with van der Waals surface area (Å²) in [7, 11) is 1.50. The molecular weight excluding hydrogens is 431 g/mol. The number of rotatable bonds is 5. The van der Waals surface area contributed by atoms with Gasteiger partial charge in [-0.3, -0.25) is 9.59 Å². The van der Waals surface area contributed by atoms with Crippen molar-refractivity contribution in [3.05, 3.63) is 75.9 Å². The Kier molecular flexibility index (Phi) is 5.79. The van der Waals surface area contributed by atoms with Gasteiger partial charge in [0.05, 0.1) is 30.2 Å². The van der Waals surface area contributed by atoms with E-state index in [0.29, 0.717) is 32.8 Å². The van der Waals surface area contributed by atoms with Gasteiger partial charge in [0.15, 0.2) is 0 Å². The molecule has 6 nitrogen and oxygen atoms in total. The normalized spacial score (nSPS) is 10.4. The van der Waals surface area contributed by atoms with Gasteiger partial charge < -0.3 is 19.8 Å². The fourth-order valence-corrected chi connectivity index (χ4v) is 2.94. The molecule has 0 aliphatic carbocycles. The molecule has 2 N–H and O–H groups in total. The lowest BCUT2D eigenvalue weighted by Crippen LogP contribution is -2.15. The van der Waals surface area contributed by atoms with Gasteiger partial charge in [0.25, 0.3) is 11.8 Å². The summed E-state index contributed by atoms with van der Waals surface area (Å²) in [5, 5.41) is 5.16. The predicted molar refractivity (Wildman–Crippen MR) is 106 cm³/mol. The first-order valence-electron chi connectivity index (χ1n) is 8.19. The van der Waals surface area contributed by atoms with Crippen molar-refractivity contribution < 1.29 is 23.1 Å². The molecule has 0 radical (unpaired) electrons. The quantitative estimate of drug-likeness (QED) is 0.577. The van der Waals surface area contributed by atoms with Gasteiger partial charge in [-0.2, -0.15) is 0 Å². The Morgan fingerprint density at radius 2 is 1.79 bits per heavy atom. The number of benzene rings is 2. The molecule has 3 aromatic rings. The van der Waals surface area contributed by atoms with E-state index >= 15 is 0 Å². The Morgan fingerprint density at radius 3 is 2.46 bits per heavy atom. The largest absolute Gasteiger partial charge is 0.497 e. The van der Waals surface area contributed by atoms with E-state index in [-0.39, 0.29) is 5.69 Å². The second kappa shape index (κ2) is 8.26. The van der Waals surface area contributed by atoms with Gasteiger partial charge >= 0.3 is 0 Å². The minimum atomic E-state index is -0.630. The van der Waals surface area contributed by atoms with Gasteiger partial charge in [0.2, 0.25) is 0 Å². The van der Waals surface area contributed by atoms with E-state index in [9.17, 15) is 14.0 Å². The zero-order valence-corrected chi connectivity index (χ0v) is 16.6. The van der Waals surface area contributed by atoms with E-state index in [1.807, 2.05) is 0 Å². The van der Waals surface area contributed by atoms with Crippen molar-refractivity contribution in [2.45, 2.75) is 6.92 Å². The van der Waals surface area contributed by atoms with Crippen LogP contribution in [0.3, 0.4) is 0 Å². The van der Waals surface area contributed by atoms with Crippen LogP contribution in [-0.4, -0.2) is 18.9 Å². The first-order valence-corrected chi connectivity index (χ1v) is 8.98. The molecule has 3 rings (SSSR count). The Hall–Kier alpha value is -3.13. The Morgan fingerprint density at radius 1 is 1.04 bits per heavy atom. The number of hydrogen-bond acceptors (Lipinski definition) is 4. The molecule has 8 heteroatoms. The van der Waals surface area contributed by atoms with Crippen molar-refractivity contribution in [3.63, 3.8) is 0 Å². The third-order valence-electron chi connectivity index (χ3n) is 3.99. The minimum absolute atomic E-state index is 0.0619. The number of amides is 2. The van der Waals surface area contributed by atoms with Crippen LogP contribution in [-0.2, 0) is 0 Å². The zero-order valence-electron chi connectivity index (χ0n) is 15.0. The number of ether oxygens (including phenoxy) is 1. The summed E-state index contributed by atoms with van der Waals surface area (Å²) in [5.74, 6) is -0.610. The smallest absolute Gasteiger partial charge is 0.259 e. The molecule has 1 heterocycles. The number of nitrogens with one attached hydrogen (secondary N) is 2. The van der Waals surface area contributed by atoms with Gasteiger partial charge in [-0.25, -0.2) is 4.39 Å². The second-order valence-corrected chi connectivity index (χ2v) is 6.69. The molecule has 0 spiro atoms. The van der Waals surface area contributed by atoms with Crippen LogP contribution in [0.4, 0.5) is 15.8 Å². The molecule has 0 atom stereocenters. The Balaban J connectivity index is 1.80. The van der Waals surface area contributed by atoms with Crippen molar-refractivity contribution in [2.75, 3.05) is 17.7 Å². The molecule has 0 saturated carbocycles. The maximum absolute atomic E-state index is 14.1. The van der Waals surface area contributed by atoms with Crippen LogP contribution in [0.15, 0.2) is 57.6 Å². The first-order chi connectivity index (χ1) is 13.4. The third-order valence-corrected chi connectivity index (χ3v) is 4.69. The number of anilines is 2. The topological polar surface area (TPSA) is 80.6 Å². The summed E-state index contributed by atoms with van der Waals surface area (Å²) < 4.78 is 24.9. The van der Waals surface area contributed by atoms with E-state index in [2.05, 4.69) is 26.6 Å². The summed E-state index contributed by atoms with van der Waals surface area (Å²) in [4.78, 5) is 24.8. The monoisotopic (exact) mass is 446 g/mol. The summed E-state index contributed by atoms with van der Waals surface area (Å²) in [6.45, 7) is 1.63. The molecule has 28 heavy (non-hydrogen) atoms. The van der Waals surface area contributed by atoms with Crippen LogP contribution in [0.5, 0.6) is 5.75 Å². The van der Waals surface area contributed by atoms with Gasteiger partial charge in [-0.1, -0.05) is 0 Å². The molecule has 0 unspecified atom stereocenters. The highest BCUT2D eigenvalue weighted by Crippen LogP contribution is 2.25. The van der Waals surface area contributed by atoms with E-state index in [4.69, 9.17) is 9.15 Å². The van der Waals surface area contributed by atoms with Crippen LogP contribution in [0.2, 0.25) is 0 Å². The summed E-state index contributed by atoms with van der Waals surface area (Å²) in [6.07, 6.45) is 1.38. The van der Waals surface area contributed by atoms with Gasteiger partial charge in [0, 0.05) is 10.2 Å². The van der Waals surface area contributed by atoms with Gasteiger partial charge in [-0.05, 0) is 65.3 Å². The van der Waals surface area contributed by atoms with Crippen LogP contribution in [0, 0.1) is 12.7 Å². The molecule has 0 aliphatic heterocycles. The molecule has 0 bridgehead atoms. The molecule has 0 fully saturated rings. The SMILES string of the molecule is COc1ccc(Br)c(C(=O)Nc2ccc(F)c(NC(=O)c3ccoc3C)c2)c1. The maximum Gasteiger partial charge on any atom is 0.259 e. The molecule has 1 aromatic heterocycles. The number of carbonyl (C=O) groups excluding carboxylic acids is 2. The maximum atomic E-state index is 14.1. The Bertz CT molecular complexity index is 1050. The van der Waals surface area contributed by atoms with Crippen molar-refractivity contribution in [1.82, 2.24) is 0 Å². The number of carbonyl (C=O) groups is 2. The number of furan rings is 1. The minimum Gasteiger partial charge on any atom is -0.497 e. The molecule has 144 valence electrons. The van der Waals surface area contributed by atoms with Crippen LogP contribution >= 0.6 is 15.9 Å². The van der Waals surface area contributed by atoms with Crippen molar-refractivity contribution in [1.29, 1.82) is 0 Å². The summed E-state index contributed by atoms with van der Waals surface area (Å²) in [6, 6.07) is 10.4. The standard InChI is InChI=1S/C20H16BrFN2O4/c1-11-14(7-8-28-11)19(25)24-18-9-12(3-6-17(18)22)23-20(26)15-10-13(27-2)4-5-16(15)21/h3-10H,1-2H3,(H,23,26)(H,24,25). The van der Waals surface area contributed by atoms with Crippen molar-refractivity contribution in [2.24, 2.45) is 0 Å². The molecule has 2 aromatic carbocycles. The third kappa shape index (κ3) is 4.23. The van der Waals surface area contributed by atoms with Crippen molar-refractivity contribution >= 4 is 39.1 Å². The van der Waals surface area contributed by atoms with Crippen LogP contribution in [0.1, 0.15) is 26.5 Å². The van der Waals surface area contributed by atoms with Gasteiger partial charge in [0.1, 0.15) is 17.3 Å². The highest BCUT2D eigenvalue weighted by atomic mass is 79.9. The molecule has 0 aliphatic rings.